The van der Waals surface area contributed by atoms with Gasteiger partial charge in [0.2, 0.25) is 0 Å². The molecule has 1 aromatic heterocycles. The summed E-state index contributed by atoms with van der Waals surface area (Å²) in [5, 5.41) is 11.1. The molecule has 2 rings (SSSR count). The second-order valence-corrected chi connectivity index (χ2v) is 6.54. The number of hydrogen-bond acceptors (Lipinski definition) is 4. The van der Waals surface area contributed by atoms with E-state index in [0.717, 1.165) is 25.1 Å². The van der Waals surface area contributed by atoms with E-state index in [0.29, 0.717) is 0 Å². The van der Waals surface area contributed by atoms with Gasteiger partial charge >= 0.3 is 12.1 Å². The molecule has 1 unspecified atom stereocenters. The van der Waals surface area contributed by atoms with E-state index in [4.69, 9.17) is 13.3 Å². The maximum absolute atomic E-state index is 12.6. The van der Waals surface area contributed by atoms with Crippen LogP contribution in [0, 0.1) is 5.92 Å². The van der Waals surface area contributed by atoms with Crippen LogP contribution in [-0.2, 0) is 4.79 Å². The van der Waals surface area contributed by atoms with E-state index in [-0.39, 0.29) is 34.6 Å². The molecule has 7 nitrogen and oxygen atoms in total. The lowest BCUT2D eigenvalue weighted by molar-refractivity contribution is -0.153. The Morgan fingerprint density at radius 1 is 1.41 bits per heavy atom. The van der Waals surface area contributed by atoms with Gasteiger partial charge < -0.3 is 10.1 Å². The Hall–Kier alpha value is -2.59. The molecule has 0 aromatic carbocycles. The van der Waals surface area contributed by atoms with Crippen molar-refractivity contribution in [3.05, 3.63) is 18.0 Å². The zero-order valence-corrected chi connectivity index (χ0v) is 14.8. The van der Waals surface area contributed by atoms with Crippen molar-refractivity contribution in [1.82, 2.24) is 15.6 Å². The van der Waals surface area contributed by atoms with Gasteiger partial charge in [-0.15, -0.1) is 0 Å². The van der Waals surface area contributed by atoms with Crippen LogP contribution in [0.5, 0.6) is 5.75 Å². The first-order valence-electron chi connectivity index (χ1n) is 8.10. The minimum Gasteiger partial charge on any atom is -0.485 e. The summed E-state index contributed by atoms with van der Waals surface area (Å²) < 4.78 is 41.6. The normalized spacial score (nSPS) is 16.2. The summed E-state index contributed by atoms with van der Waals surface area (Å²) >= 11 is 0. The first-order chi connectivity index (χ1) is 12.4. The predicted molar refractivity (Wildman–Crippen MR) is 90.5 cm³/mol. The predicted octanol–water partition coefficient (Wildman–Crippen LogP) is -0.991. The van der Waals surface area contributed by atoms with Crippen LogP contribution in [0.25, 0.3) is 0 Å². The van der Waals surface area contributed by atoms with Crippen LogP contribution in [0.2, 0.25) is 0 Å². The van der Waals surface area contributed by atoms with Crippen molar-refractivity contribution >= 4 is 31.0 Å². The number of pyridine rings is 1. The number of rotatable bonds is 6. The molecule has 0 aliphatic heterocycles. The number of nitrogens with one attached hydrogen (secondary N) is 2. The van der Waals surface area contributed by atoms with Gasteiger partial charge in [0, 0.05) is 19.2 Å². The van der Waals surface area contributed by atoms with Gasteiger partial charge in [0.15, 0.2) is 6.61 Å². The van der Waals surface area contributed by atoms with Crippen molar-refractivity contribution in [2.75, 3.05) is 6.61 Å². The molecule has 144 valence electrons. The highest BCUT2D eigenvalue weighted by Crippen LogP contribution is 2.39. The van der Waals surface area contributed by atoms with Crippen LogP contribution in [0.3, 0.4) is 0 Å². The van der Waals surface area contributed by atoms with Crippen molar-refractivity contribution in [2.24, 2.45) is 5.92 Å². The standard InChI is InChI=1S/C16H18BF3N4O3/c1-8(25)23-14(21)15(2,9-3-4-9)24-13(26)11-5-12(10(17)6-22-11)27-7-16(18,19)20/h5-6,9H,3-4,7H2,1-2H3,(H,24,26)(H2,21,23,25)/p+1. The molecule has 1 fully saturated rings. The molecule has 1 atom stereocenters. The molecular formula is C16H19BF3N4O3+. The number of carbonyl (C=O) groups excluding carboxylic acids is 2. The van der Waals surface area contributed by atoms with Crippen LogP contribution < -0.4 is 26.2 Å². The van der Waals surface area contributed by atoms with Crippen LogP contribution in [0.15, 0.2) is 12.3 Å². The van der Waals surface area contributed by atoms with Crippen molar-refractivity contribution in [2.45, 2.75) is 38.4 Å². The highest BCUT2D eigenvalue weighted by atomic mass is 19.4. The molecule has 1 heterocycles. The van der Waals surface area contributed by atoms with E-state index in [1.807, 2.05) is 0 Å². The van der Waals surface area contributed by atoms with E-state index >= 15 is 0 Å². The first kappa shape index (κ1) is 20.7. The molecule has 0 saturated heterocycles. The Labute approximate surface area is 155 Å². The number of alkyl halides is 3. The third-order valence-electron chi connectivity index (χ3n) is 4.16. The quantitative estimate of drug-likeness (QED) is 0.333. The van der Waals surface area contributed by atoms with Crippen LogP contribution in [-0.4, -0.2) is 48.8 Å². The zero-order chi connectivity index (χ0) is 20.4. The van der Waals surface area contributed by atoms with Crippen molar-refractivity contribution in [1.29, 1.82) is 0 Å². The number of nitrogens with two attached hydrogens (primary N) is 1. The molecular weight excluding hydrogens is 364 g/mol. The highest BCUT2D eigenvalue weighted by Gasteiger charge is 2.50. The fourth-order valence-corrected chi connectivity index (χ4v) is 2.53. The van der Waals surface area contributed by atoms with Crippen LogP contribution in [0.1, 0.15) is 37.2 Å². The molecule has 4 N–H and O–H groups in total. The minimum atomic E-state index is -4.55. The lowest BCUT2D eigenvalue weighted by Crippen LogP contribution is -2.69. The second kappa shape index (κ2) is 7.57. The van der Waals surface area contributed by atoms with Gasteiger partial charge in [0.05, 0.1) is 0 Å². The topological polar surface area (TPSA) is 106 Å². The summed E-state index contributed by atoms with van der Waals surface area (Å²) in [5.74, 6) is -1.28. The number of nitrogens with zero attached hydrogens (tertiary/aromatic N) is 1. The van der Waals surface area contributed by atoms with Crippen molar-refractivity contribution in [3.63, 3.8) is 0 Å². The van der Waals surface area contributed by atoms with Gasteiger partial charge in [-0.2, -0.15) is 13.2 Å². The molecule has 2 amide bonds. The minimum absolute atomic E-state index is 0.0167. The Morgan fingerprint density at radius 2 is 2.04 bits per heavy atom. The highest BCUT2D eigenvalue weighted by molar-refractivity contribution is 6.34. The molecule has 1 aliphatic carbocycles. The largest absolute Gasteiger partial charge is 0.485 e. The fraction of sp³-hybridized carbons (Fsp3) is 0.500. The summed E-state index contributed by atoms with van der Waals surface area (Å²) in [6.07, 6.45) is -1.92. The average molecular weight is 383 g/mol. The third-order valence-corrected chi connectivity index (χ3v) is 4.16. The van der Waals surface area contributed by atoms with Gasteiger partial charge in [-0.1, -0.05) is 0 Å². The molecule has 0 bridgehead atoms. The number of halogens is 3. The Bertz CT molecular complexity index is 768. The van der Waals surface area contributed by atoms with Gasteiger partial charge in [0.1, 0.15) is 24.8 Å². The van der Waals surface area contributed by atoms with Crippen molar-refractivity contribution < 1.29 is 32.9 Å². The maximum Gasteiger partial charge on any atom is 0.422 e. The van der Waals surface area contributed by atoms with Crippen molar-refractivity contribution in [3.8, 4) is 5.75 Å². The fourth-order valence-electron chi connectivity index (χ4n) is 2.53. The molecule has 0 spiro atoms. The number of carbonyl (C=O) groups is 2. The number of hydrogen-bond donors (Lipinski definition) is 3. The molecule has 1 aromatic rings. The van der Waals surface area contributed by atoms with E-state index in [9.17, 15) is 22.8 Å². The van der Waals surface area contributed by atoms with Gasteiger partial charge in [-0.3, -0.25) is 15.2 Å². The molecule has 27 heavy (non-hydrogen) atoms. The summed E-state index contributed by atoms with van der Waals surface area (Å²) in [4.78, 5) is 27.7. The van der Waals surface area contributed by atoms with E-state index in [2.05, 4.69) is 20.4 Å². The smallest absolute Gasteiger partial charge is 0.422 e. The Balaban J connectivity index is 2.18. The SMILES string of the molecule is [B]c1cnc(C(=O)NC(C)(C(=[NH2+])NC(C)=O)C2CC2)cc1OCC(F)(F)F. The number of ether oxygens (including phenoxy) is 1. The zero-order valence-electron chi connectivity index (χ0n) is 14.8. The Kier molecular flexibility index (Phi) is 5.81. The van der Waals surface area contributed by atoms with Gasteiger partial charge in [0.25, 0.3) is 11.7 Å². The van der Waals surface area contributed by atoms with E-state index in [1.54, 1.807) is 6.92 Å². The monoisotopic (exact) mass is 383 g/mol. The molecule has 1 saturated carbocycles. The van der Waals surface area contributed by atoms with E-state index < -0.39 is 24.2 Å². The third kappa shape index (κ3) is 5.44. The maximum atomic E-state index is 12.6. The number of aromatic nitrogens is 1. The molecule has 11 heteroatoms. The summed E-state index contributed by atoms with van der Waals surface area (Å²) in [6.45, 7) is 1.39. The van der Waals surface area contributed by atoms with Crippen LogP contribution >= 0.6 is 0 Å². The number of amides is 2. The van der Waals surface area contributed by atoms with Gasteiger partial charge in [-0.25, -0.2) is 10.1 Å². The van der Waals surface area contributed by atoms with Crippen LogP contribution in [0.4, 0.5) is 13.2 Å². The number of amidine groups is 1. The van der Waals surface area contributed by atoms with Gasteiger partial charge in [-0.05, 0) is 31.1 Å². The summed E-state index contributed by atoms with van der Waals surface area (Å²) in [5.41, 5.74) is -1.35. The summed E-state index contributed by atoms with van der Waals surface area (Å²) in [7, 11) is 5.55. The lowest BCUT2D eigenvalue weighted by atomic mass is 9.93. The summed E-state index contributed by atoms with van der Waals surface area (Å²) in [6, 6.07) is 1.03. The lowest BCUT2D eigenvalue weighted by Gasteiger charge is -2.27. The average Bonchev–Trinajstić information content (AvgIpc) is 3.37. The second-order valence-electron chi connectivity index (χ2n) is 6.54. The molecule has 2 radical (unpaired) electrons. The van der Waals surface area contributed by atoms with E-state index in [1.165, 1.54) is 6.92 Å². The Morgan fingerprint density at radius 3 is 2.56 bits per heavy atom. The molecule has 1 aliphatic rings. The first-order valence-corrected chi connectivity index (χ1v) is 8.10.